The van der Waals surface area contributed by atoms with Crippen molar-refractivity contribution in [3.05, 3.63) is 85.0 Å². The van der Waals surface area contributed by atoms with E-state index in [-0.39, 0.29) is 22.7 Å². The van der Waals surface area contributed by atoms with E-state index in [1.807, 2.05) is 26.0 Å². The Kier molecular flexibility index (Phi) is 11.8. The molecule has 2 aromatic rings. The summed E-state index contributed by atoms with van der Waals surface area (Å²) in [7, 11) is 0. The molecule has 1 aliphatic rings. The lowest BCUT2D eigenvalue weighted by Gasteiger charge is -2.44. The van der Waals surface area contributed by atoms with Crippen molar-refractivity contribution in [3.8, 4) is 11.5 Å². The molecule has 1 saturated carbocycles. The zero-order valence-electron chi connectivity index (χ0n) is 26.0. The fraction of sp³-hybridized carbons (Fsp3) is 0.500. The molecule has 0 aromatic heterocycles. The van der Waals surface area contributed by atoms with Crippen LogP contribution in [0.2, 0.25) is 0 Å². The molecule has 1 fully saturated rings. The number of hydrogen-bond donors (Lipinski definition) is 0. The number of hydrogen-bond acceptors (Lipinski definition) is 6. The Morgan fingerprint density at radius 1 is 0.810 bits per heavy atom. The summed E-state index contributed by atoms with van der Waals surface area (Å²) in [5, 5.41) is 0. The van der Waals surface area contributed by atoms with E-state index in [1.54, 1.807) is 0 Å². The molecule has 0 spiro atoms. The van der Waals surface area contributed by atoms with Gasteiger partial charge in [0.2, 0.25) is 0 Å². The largest absolute Gasteiger partial charge is 0.493 e. The molecule has 0 aliphatic heterocycles. The molecule has 228 valence electrons. The fourth-order valence-corrected chi connectivity index (χ4v) is 5.58. The van der Waals surface area contributed by atoms with Gasteiger partial charge in [-0.2, -0.15) is 0 Å². The van der Waals surface area contributed by atoms with Crippen LogP contribution in [0.4, 0.5) is 0 Å². The van der Waals surface area contributed by atoms with Gasteiger partial charge in [0.15, 0.2) is 0 Å². The minimum absolute atomic E-state index is 0.0560. The van der Waals surface area contributed by atoms with Crippen molar-refractivity contribution >= 4 is 11.9 Å². The van der Waals surface area contributed by atoms with Crippen LogP contribution in [0.1, 0.15) is 71.4 Å². The molecule has 6 nitrogen and oxygen atoms in total. The Labute approximate surface area is 252 Å². The summed E-state index contributed by atoms with van der Waals surface area (Å²) in [4.78, 5) is 22.5. The van der Waals surface area contributed by atoms with Gasteiger partial charge in [0.25, 0.3) is 0 Å². The number of carbonyl (C=O) groups excluding carboxylic acids is 2. The van der Waals surface area contributed by atoms with Gasteiger partial charge in [-0.3, -0.25) is 0 Å². The number of benzene rings is 2. The highest BCUT2D eigenvalue weighted by molar-refractivity contribution is 5.81. The van der Waals surface area contributed by atoms with E-state index < -0.39 is 11.9 Å². The monoisotopic (exact) mass is 576 g/mol. The summed E-state index contributed by atoms with van der Waals surface area (Å²) in [5.41, 5.74) is 2.88. The molecule has 2 unspecified atom stereocenters. The van der Waals surface area contributed by atoms with Crippen LogP contribution in [0.15, 0.2) is 73.8 Å². The van der Waals surface area contributed by atoms with Crippen molar-refractivity contribution < 1.29 is 28.5 Å². The number of ether oxygens (including phenoxy) is 4. The van der Waals surface area contributed by atoms with E-state index in [9.17, 15) is 9.59 Å². The van der Waals surface area contributed by atoms with Gasteiger partial charge in [0.05, 0.1) is 26.4 Å². The molecule has 3 rings (SSSR count). The van der Waals surface area contributed by atoms with Crippen LogP contribution in [-0.2, 0) is 29.9 Å². The second kappa shape index (κ2) is 15.1. The first-order valence-corrected chi connectivity index (χ1v) is 15.0. The van der Waals surface area contributed by atoms with Crippen LogP contribution in [-0.4, -0.2) is 38.4 Å². The molecule has 0 saturated heterocycles. The third kappa shape index (κ3) is 9.23. The van der Waals surface area contributed by atoms with E-state index in [0.29, 0.717) is 32.3 Å². The lowest BCUT2D eigenvalue weighted by molar-refractivity contribution is -0.140. The molecule has 0 heterocycles. The van der Waals surface area contributed by atoms with Crippen molar-refractivity contribution in [3.63, 3.8) is 0 Å². The third-order valence-electron chi connectivity index (χ3n) is 8.68. The van der Waals surface area contributed by atoms with Gasteiger partial charge in [-0.15, -0.1) is 0 Å². The first kappa shape index (κ1) is 33.0. The first-order chi connectivity index (χ1) is 20.0. The van der Waals surface area contributed by atoms with E-state index >= 15 is 0 Å². The fourth-order valence-electron chi connectivity index (χ4n) is 5.58. The predicted molar refractivity (Wildman–Crippen MR) is 167 cm³/mol. The lowest BCUT2D eigenvalue weighted by atomic mass is 9.60. The topological polar surface area (TPSA) is 71.1 Å². The summed E-state index contributed by atoms with van der Waals surface area (Å²) in [5.74, 6) is 1.62. The Morgan fingerprint density at radius 3 is 1.67 bits per heavy atom. The predicted octanol–water partition coefficient (Wildman–Crippen LogP) is 7.60. The van der Waals surface area contributed by atoms with E-state index in [4.69, 9.17) is 18.9 Å². The van der Waals surface area contributed by atoms with Gasteiger partial charge in [-0.05, 0) is 77.8 Å². The Morgan fingerprint density at radius 2 is 1.24 bits per heavy atom. The molecular formula is C36H48O6. The second-order valence-electron chi connectivity index (χ2n) is 12.6. The maximum atomic E-state index is 11.3. The quantitative estimate of drug-likeness (QED) is 0.161. The standard InChI is InChI=1S/C36H48O6/c1-8-33(37)41-24-26(3)22-39-31-14-10-28(11-15-31)35(5,6)29-18-20-36(7,21-19-29)30-12-16-32(17-13-30)40-23-27(4)25-42-34(38)9-2/h8-17,26-27,29H,1-2,18-25H2,3-7H3. The van der Waals surface area contributed by atoms with E-state index in [0.717, 1.165) is 24.3 Å². The second-order valence-corrected chi connectivity index (χ2v) is 12.6. The normalized spacial score (nSPS) is 20.1. The van der Waals surface area contributed by atoms with Crippen molar-refractivity contribution in [1.82, 2.24) is 0 Å². The molecule has 0 radical (unpaired) electrons. The van der Waals surface area contributed by atoms with Crippen molar-refractivity contribution in [1.29, 1.82) is 0 Å². The Bertz CT molecular complexity index is 1170. The number of carbonyl (C=O) groups is 2. The van der Waals surface area contributed by atoms with Gasteiger partial charge in [-0.1, -0.05) is 72.0 Å². The minimum Gasteiger partial charge on any atom is -0.493 e. The average molecular weight is 577 g/mol. The number of rotatable bonds is 15. The first-order valence-electron chi connectivity index (χ1n) is 15.0. The molecule has 2 aromatic carbocycles. The summed E-state index contributed by atoms with van der Waals surface area (Å²) >= 11 is 0. The minimum atomic E-state index is -0.410. The van der Waals surface area contributed by atoms with Crippen LogP contribution < -0.4 is 9.47 Å². The third-order valence-corrected chi connectivity index (χ3v) is 8.68. The van der Waals surface area contributed by atoms with E-state index in [1.165, 1.54) is 36.1 Å². The van der Waals surface area contributed by atoms with Crippen molar-refractivity contribution in [2.75, 3.05) is 26.4 Å². The maximum absolute atomic E-state index is 11.3. The molecular weight excluding hydrogens is 528 g/mol. The number of esters is 2. The lowest BCUT2D eigenvalue weighted by Crippen LogP contribution is -2.36. The van der Waals surface area contributed by atoms with Gasteiger partial charge in [0, 0.05) is 24.0 Å². The maximum Gasteiger partial charge on any atom is 0.330 e. The molecule has 6 heteroatoms. The highest BCUT2D eigenvalue weighted by Crippen LogP contribution is 2.48. The molecule has 0 amide bonds. The molecule has 42 heavy (non-hydrogen) atoms. The molecule has 2 atom stereocenters. The Balaban J connectivity index is 1.49. The van der Waals surface area contributed by atoms with Crippen LogP contribution >= 0.6 is 0 Å². The zero-order chi connectivity index (χ0) is 30.8. The van der Waals surface area contributed by atoms with Crippen molar-refractivity contribution in [2.45, 2.75) is 71.1 Å². The van der Waals surface area contributed by atoms with Crippen molar-refractivity contribution in [2.24, 2.45) is 17.8 Å². The molecule has 0 N–H and O–H groups in total. The molecule has 0 bridgehead atoms. The zero-order valence-corrected chi connectivity index (χ0v) is 26.0. The van der Waals surface area contributed by atoms with Gasteiger partial charge < -0.3 is 18.9 Å². The SMILES string of the molecule is C=CC(=O)OCC(C)COc1ccc(C2(C)CCC(C(C)(C)c3ccc(OCC(C)COC(=O)C=C)cc3)CC2)cc1. The highest BCUT2D eigenvalue weighted by Gasteiger charge is 2.39. The summed E-state index contributed by atoms with van der Waals surface area (Å²) in [6.07, 6.45) is 6.97. The van der Waals surface area contributed by atoms with Crippen LogP contribution in [0, 0.1) is 17.8 Å². The summed E-state index contributed by atoms with van der Waals surface area (Å²) in [6.45, 7) is 19.5. The van der Waals surface area contributed by atoms with Gasteiger partial charge in [-0.25, -0.2) is 9.59 Å². The van der Waals surface area contributed by atoms with Gasteiger partial charge in [0.1, 0.15) is 11.5 Å². The van der Waals surface area contributed by atoms with Gasteiger partial charge >= 0.3 is 11.9 Å². The van der Waals surface area contributed by atoms with Crippen LogP contribution in [0.3, 0.4) is 0 Å². The summed E-state index contributed by atoms with van der Waals surface area (Å²) in [6, 6.07) is 17.0. The van der Waals surface area contributed by atoms with E-state index in [2.05, 4.69) is 70.3 Å². The smallest absolute Gasteiger partial charge is 0.330 e. The van der Waals surface area contributed by atoms with Crippen LogP contribution in [0.25, 0.3) is 0 Å². The van der Waals surface area contributed by atoms with Crippen LogP contribution in [0.5, 0.6) is 11.5 Å². The highest BCUT2D eigenvalue weighted by atomic mass is 16.5. The summed E-state index contributed by atoms with van der Waals surface area (Å²) < 4.78 is 22.1. The average Bonchev–Trinajstić information content (AvgIpc) is 3.00. The molecule has 1 aliphatic carbocycles. The Hall–Kier alpha value is -3.54.